The molecule has 0 unspecified atom stereocenters. The third-order valence-corrected chi connectivity index (χ3v) is 2.56. The first-order chi connectivity index (χ1) is 7.72. The van der Waals surface area contributed by atoms with Crippen molar-refractivity contribution < 1.29 is 4.42 Å². The zero-order chi connectivity index (χ0) is 11.1. The summed E-state index contributed by atoms with van der Waals surface area (Å²) in [6.07, 6.45) is 3.44. The quantitative estimate of drug-likeness (QED) is 0.694. The van der Waals surface area contributed by atoms with Crippen molar-refractivity contribution in [1.29, 1.82) is 0 Å². The fourth-order valence-corrected chi connectivity index (χ4v) is 1.72. The molecule has 0 bridgehead atoms. The van der Waals surface area contributed by atoms with E-state index in [4.69, 9.17) is 10.2 Å². The standard InChI is InChI=1S/C10H7BrN4O/c11-6-4-13-15(5-6)10-14-8-3-7(12)1-2-9(8)16-10/h1-5H,12H2. The number of nitrogen functional groups attached to an aromatic ring is 1. The molecule has 5 nitrogen and oxygen atoms in total. The Balaban J connectivity index is 2.18. The number of fused-ring (bicyclic) bond motifs is 1. The Hall–Kier alpha value is -1.82. The number of benzene rings is 1. The van der Waals surface area contributed by atoms with Gasteiger partial charge in [-0.1, -0.05) is 0 Å². The number of hydrogen-bond acceptors (Lipinski definition) is 4. The first kappa shape index (κ1) is 9.41. The summed E-state index contributed by atoms with van der Waals surface area (Å²) in [7, 11) is 0. The lowest BCUT2D eigenvalue weighted by molar-refractivity contribution is 0.543. The van der Waals surface area contributed by atoms with Crippen LogP contribution in [0.5, 0.6) is 0 Å². The van der Waals surface area contributed by atoms with Gasteiger partial charge in [0.15, 0.2) is 5.58 Å². The van der Waals surface area contributed by atoms with Gasteiger partial charge >= 0.3 is 6.01 Å². The molecule has 2 heterocycles. The van der Waals surface area contributed by atoms with E-state index in [0.717, 1.165) is 9.99 Å². The predicted octanol–water partition coefficient (Wildman–Crippen LogP) is 2.36. The Morgan fingerprint density at radius 2 is 2.25 bits per heavy atom. The Bertz CT molecular complexity index is 658. The van der Waals surface area contributed by atoms with E-state index in [-0.39, 0.29) is 0 Å². The smallest absolute Gasteiger partial charge is 0.323 e. The third kappa shape index (κ3) is 1.47. The molecular weight excluding hydrogens is 272 g/mol. The molecule has 0 saturated carbocycles. The molecule has 0 aliphatic heterocycles. The van der Waals surface area contributed by atoms with Crippen LogP contribution >= 0.6 is 15.9 Å². The molecule has 2 aromatic heterocycles. The maximum Gasteiger partial charge on any atom is 0.323 e. The summed E-state index contributed by atoms with van der Waals surface area (Å²) in [5.41, 5.74) is 7.74. The topological polar surface area (TPSA) is 69.9 Å². The van der Waals surface area contributed by atoms with Gasteiger partial charge in [-0.25, -0.2) is 0 Å². The number of halogens is 1. The highest BCUT2D eigenvalue weighted by molar-refractivity contribution is 9.10. The first-order valence-corrected chi connectivity index (χ1v) is 5.38. The highest BCUT2D eigenvalue weighted by Crippen LogP contribution is 2.20. The van der Waals surface area contributed by atoms with Gasteiger partial charge in [-0.15, -0.1) is 0 Å². The van der Waals surface area contributed by atoms with Gasteiger partial charge in [-0.05, 0) is 34.1 Å². The van der Waals surface area contributed by atoms with Crippen LogP contribution in [-0.4, -0.2) is 14.8 Å². The highest BCUT2D eigenvalue weighted by Gasteiger charge is 2.08. The van der Waals surface area contributed by atoms with E-state index in [1.807, 2.05) is 0 Å². The van der Waals surface area contributed by atoms with E-state index >= 15 is 0 Å². The lowest BCUT2D eigenvalue weighted by atomic mass is 10.3. The van der Waals surface area contributed by atoms with Crippen LogP contribution < -0.4 is 5.73 Å². The largest absolute Gasteiger partial charge is 0.422 e. The van der Waals surface area contributed by atoms with Crippen LogP contribution in [0.4, 0.5) is 5.69 Å². The summed E-state index contributed by atoms with van der Waals surface area (Å²) in [4.78, 5) is 4.29. The van der Waals surface area contributed by atoms with Crippen molar-refractivity contribution in [2.75, 3.05) is 5.73 Å². The second kappa shape index (κ2) is 3.34. The number of rotatable bonds is 1. The highest BCUT2D eigenvalue weighted by atomic mass is 79.9. The number of nitrogens with zero attached hydrogens (tertiary/aromatic N) is 3. The van der Waals surface area contributed by atoms with E-state index < -0.39 is 0 Å². The molecule has 80 valence electrons. The molecule has 0 fully saturated rings. The van der Waals surface area contributed by atoms with Gasteiger partial charge in [0.1, 0.15) is 5.52 Å². The minimum atomic E-state index is 0.423. The Morgan fingerprint density at radius 1 is 1.38 bits per heavy atom. The molecule has 3 rings (SSSR count). The normalized spacial score (nSPS) is 11.1. The Morgan fingerprint density at radius 3 is 3.00 bits per heavy atom. The van der Waals surface area contributed by atoms with Gasteiger partial charge in [0.2, 0.25) is 0 Å². The van der Waals surface area contributed by atoms with Crippen LogP contribution in [0.15, 0.2) is 39.5 Å². The van der Waals surface area contributed by atoms with E-state index in [9.17, 15) is 0 Å². The first-order valence-electron chi connectivity index (χ1n) is 4.59. The van der Waals surface area contributed by atoms with Crippen molar-refractivity contribution in [1.82, 2.24) is 14.8 Å². The maximum atomic E-state index is 5.66. The van der Waals surface area contributed by atoms with Crippen molar-refractivity contribution in [3.8, 4) is 6.01 Å². The zero-order valence-corrected chi connectivity index (χ0v) is 9.68. The summed E-state index contributed by atoms with van der Waals surface area (Å²) in [6, 6.07) is 5.75. The number of nitrogens with two attached hydrogens (primary N) is 1. The summed E-state index contributed by atoms with van der Waals surface area (Å²) < 4.78 is 7.96. The molecular formula is C10H7BrN4O. The minimum absolute atomic E-state index is 0.423. The average Bonchev–Trinajstić information content (AvgIpc) is 2.83. The summed E-state index contributed by atoms with van der Waals surface area (Å²) in [5.74, 6) is 0. The molecule has 0 saturated heterocycles. The Labute approximate surface area is 99.0 Å². The van der Waals surface area contributed by atoms with E-state index in [0.29, 0.717) is 17.3 Å². The number of hydrogen-bond donors (Lipinski definition) is 1. The van der Waals surface area contributed by atoms with Crippen molar-refractivity contribution >= 4 is 32.7 Å². The van der Waals surface area contributed by atoms with E-state index in [2.05, 4.69) is 26.0 Å². The lowest BCUT2D eigenvalue weighted by Crippen LogP contribution is -1.93. The van der Waals surface area contributed by atoms with Crippen molar-refractivity contribution in [2.24, 2.45) is 0 Å². The fraction of sp³-hybridized carbons (Fsp3) is 0. The Kier molecular flexibility index (Phi) is 1.97. The molecule has 0 aliphatic carbocycles. The van der Waals surface area contributed by atoms with E-state index in [1.165, 1.54) is 0 Å². The molecule has 0 amide bonds. The summed E-state index contributed by atoms with van der Waals surface area (Å²) in [5, 5.41) is 4.09. The molecule has 1 aromatic carbocycles. The molecule has 16 heavy (non-hydrogen) atoms. The average molecular weight is 279 g/mol. The van der Waals surface area contributed by atoms with Crippen LogP contribution in [0.2, 0.25) is 0 Å². The number of anilines is 1. The maximum absolute atomic E-state index is 5.66. The SMILES string of the molecule is Nc1ccc2oc(-n3cc(Br)cn3)nc2c1. The van der Waals surface area contributed by atoms with Crippen molar-refractivity contribution in [3.05, 3.63) is 35.1 Å². The molecule has 0 spiro atoms. The van der Waals surface area contributed by atoms with Crippen LogP contribution in [0, 0.1) is 0 Å². The molecule has 0 aliphatic rings. The molecule has 3 aromatic rings. The van der Waals surface area contributed by atoms with Crippen LogP contribution in [0.3, 0.4) is 0 Å². The predicted molar refractivity (Wildman–Crippen MR) is 63.2 cm³/mol. The summed E-state index contributed by atoms with van der Waals surface area (Å²) >= 11 is 3.31. The number of oxazole rings is 1. The van der Waals surface area contributed by atoms with Crippen molar-refractivity contribution in [2.45, 2.75) is 0 Å². The van der Waals surface area contributed by atoms with Gasteiger partial charge in [-0.3, -0.25) is 0 Å². The monoisotopic (exact) mass is 278 g/mol. The molecule has 0 radical (unpaired) electrons. The third-order valence-electron chi connectivity index (χ3n) is 2.15. The van der Waals surface area contributed by atoms with Gasteiger partial charge < -0.3 is 10.2 Å². The second-order valence-electron chi connectivity index (χ2n) is 3.33. The van der Waals surface area contributed by atoms with Crippen molar-refractivity contribution in [3.63, 3.8) is 0 Å². The van der Waals surface area contributed by atoms with Gasteiger partial charge in [0, 0.05) is 11.9 Å². The molecule has 6 heteroatoms. The fourth-order valence-electron chi connectivity index (χ4n) is 1.44. The van der Waals surface area contributed by atoms with Crippen LogP contribution in [-0.2, 0) is 0 Å². The zero-order valence-electron chi connectivity index (χ0n) is 8.09. The minimum Gasteiger partial charge on any atom is -0.422 e. The van der Waals surface area contributed by atoms with E-state index in [1.54, 1.807) is 35.3 Å². The lowest BCUT2D eigenvalue weighted by Gasteiger charge is -1.89. The molecule has 2 N–H and O–H groups in total. The van der Waals surface area contributed by atoms with Gasteiger partial charge in [0.25, 0.3) is 0 Å². The molecule has 0 atom stereocenters. The summed E-state index contributed by atoms with van der Waals surface area (Å²) in [6.45, 7) is 0. The second-order valence-corrected chi connectivity index (χ2v) is 4.24. The van der Waals surface area contributed by atoms with Gasteiger partial charge in [-0.2, -0.15) is 14.8 Å². The van der Waals surface area contributed by atoms with Crippen LogP contribution in [0.1, 0.15) is 0 Å². The van der Waals surface area contributed by atoms with Gasteiger partial charge in [0.05, 0.1) is 10.7 Å². The van der Waals surface area contributed by atoms with Crippen LogP contribution in [0.25, 0.3) is 17.1 Å². The number of aromatic nitrogens is 3.